The lowest BCUT2D eigenvalue weighted by atomic mass is 10.1. The van der Waals surface area contributed by atoms with Crippen molar-refractivity contribution in [1.29, 1.82) is 0 Å². The van der Waals surface area contributed by atoms with E-state index in [4.69, 9.17) is 4.74 Å². The minimum Gasteiger partial charge on any atom is -0.494 e. The van der Waals surface area contributed by atoms with Gasteiger partial charge in [0.2, 0.25) is 11.9 Å². The van der Waals surface area contributed by atoms with Crippen molar-refractivity contribution in [3.8, 4) is 5.75 Å². The molecule has 4 rings (SSSR count). The standard InChI is InChI=1S/C21H27N5O2/c27-20-15-26-14-17-13-18(7-8-19(17)23-21(26)24-20)28-12-6-4-2-1-3-5-10-25-11-9-22-16-25/h7-9,11,13,16H,1-6,10,12,14-15H2,(H,23,24,27). The lowest BCUT2D eigenvalue weighted by Gasteiger charge is -2.23. The highest BCUT2D eigenvalue weighted by molar-refractivity contribution is 6.05. The third-order valence-electron chi connectivity index (χ3n) is 5.16. The zero-order valence-electron chi connectivity index (χ0n) is 16.1. The lowest BCUT2D eigenvalue weighted by Crippen LogP contribution is -2.31. The van der Waals surface area contributed by atoms with Crippen molar-refractivity contribution in [2.45, 2.75) is 51.6 Å². The molecule has 1 N–H and O–H groups in total. The summed E-state index contributed by atoms with van der Waals surface area (Å²) >= 11 is 0. The number of aryl methyl sites for hydroxylation is 1. The van der Waals surface area contributed by atoms with Crippen LogP contribution in [0.2, 0.25) is 0 Å². The van der Waals surface area contributed by atoms with Crippen LogP contribution in [0.4, 0.5) is 5.69 Å². The van der Waals surface area contributed by atoms with Crippen molar-refractivity contribution in [3.63, 3.8) is 0 Å². The van der Waals surface area contributed by atoms with Gasteiger partial charge in [-0.05, 0) is 31.0 Å². The summed E-state index contributed by atoms with van der Waals surface area (Å²) in [5.74, 6) is 1.55. The second-order valence-electron chi connectivity index (χ2n) is 7.40. The van der Waals surface area contributed by atoms with Gasteiger partial charge in [-0.25, -0.2) is 9.98 Å². The number of nitrogens with one attached hydrogen (secondary N) is 1. The summed E-state index contributed by atoms with van der Waals surface area (Å²) in [7, 11) is 0. The molecule has 0 atom stereocenters. The number of amides is 1. The first-order chi connectivity index (χ1) is 13.8. The van der Waals surface area contributed by atoms with Crippen LogP contribution in [0.25, 0.3) is 0 Å². The Morgan fingerprint density at radius 3 is 2.79 bits per heavy atom. The Morgan fingerprint density at radius 2 is 1.93 bits per heavy atom. The molecule has 0 radical (unpaired) electrons. The monoisotopic (exact) mass is 381 g/mol. The summed E-state index contributed by atoms with van der Waals surface area (Å²) in [4.78, 5) is 22.0. The average Bonchev–Trinajstić information content (AvgIpc) is 3.33. The van der Waals surface area contributed by atoms with Crippen LogP contribution in [-0.2, 0) is 17.9 Å². The van der Waals surface area contributed by atoms with Crippen LogP contribution in [0.5, 0.6) is 5.75 Å². The number of unbranched alkanes of at least 4 members (excludes halogenated alkanes) is 5. The van der Waals surface area contributed by atoms with Crippen molar-refractivity contribution in [1.82, 2.24) is 19.8 Å². The third kappa shape index (κ3) is 4.71. The van der Waals surface area contributed by atoms with Crippen molar-refractivity contribution >= 4 is 17.6 Å². The molecule has 1 amide bonds. The second-order valence-corrected chi connectivity index (χ2v) is 7.40. The first kappa shape index (κ1) is 18.5. The van der Waals surface area contributed by atoms with E-state index < -0.39 is 0 Å². The van der Waals surface area contributed by atoms with E-state index in [2.05, 4.69) is 25.9 Å². The van der Waals surface area contributed by atoms with Crippen LogP contribution >= 0.6 is 0 Å². The molecule has 2 aromatic rings. The summed E-state index contributed by atoms with van der Waals surface area (Å²) in [5, 5.41) is 2.79. The van der Waals surface area contributed by atoms with Crippen LogP contribution in [0, 0.1) is 0 Å². The zero-order valence-corrected chi connectivity index (χ0v) is 16.1. The lowest BCUT2D eigenvalue weighted by molar-refractivity contribution is -0.118. The highest BCUT2D eigenvalue weighted by atomic mass is 16.5. The van der Waals surface area contributed by atoms with E-state index in [1.165, 1.54) is 32.1 Å². The molecule has 0 aliphatic carbocycles. The van der Waals surface area contributed by atoms with Gasteiger partial charge in [0.05, 0.1) is 18.6 Å². The molecule has 2 aliphatic heterocycles. The third-order valence-corrected chi connectivity index (χ3v) is 5.16. The van der Waals surface area contributed by atoms with E-state index >= 15 is 0 Å². The van der Waals surface area contributed by atoms with Crippen molar-refractivity contribution in [2.24, 2.45) is 4.99 Å². The molecule has 148 valence electrons. The molecule has 2 aliphatic rings. The van der Waals surface area contributed by atoms with Crippen LogP contribution in [0.1, 0.15) is 44.1 Å². The maximum absolute atomic E-state index is 11.5. The zero-order chi connectivity index (χ0) is 19.2. The smallest absolute Gasteiger partial charge is 0.246 e. The molecule has 0 bridgehead atoms. The van der Waals surface area contributed by atoms with Crippen LogP contribution < -0.4 is 10.1 Å². The second kappa shape index (κ2) is 8.91. The molecule has 1 aromatic heterocycles. The number of guanidine groups is 1. The number of hydrogen-bond donors (Lipinski definition) is 1. The highest BCUT2D eigenvalue weighted by Crippen LogP contribution is 2.30. The number of carbonyl (C=O) groups excluding carboxylic acids is 1. The number of imidazole rings is 1. The molecule has 0 saturated carbocycles. The Kier molecular flexibility index (Phi) is 5.89. The molecule has 3 heterocycles. The quantitative estimate of drug-likeness (QED) is 0.642. The number of aromatic nitrogens is 2. The van der Waals surface area contributed by atoms with Gasteiger partial charge in [0, 0.05) is 31.0 Å². The molecule has 1 aromatic carbocycles. The van der Waals surface area contributed by atoms with Gasteiger partial charge >= 0.3 is 0 Å². The molecular weight excluding hydrogens is 354 g/mol. The maximum atomic E-state index is 11.5. The first-order valence-electron chi connectivity index (χ1n) is 10.1. The van der Waals surface area contributed by atoms with E-state index in [1.807, 2.05) is 35.8 Å². The Bertz CT molecular complexity index is 831. The molecule has 7 heteroatoms. The summed E-state index contributed by atoms with van der Waals surface area (Å²) in [6.45, 7) is 2.88. The van der Waals surface area contributed by atoms with Crippen LogP contribution in [0.3, 0.4) is 0 Å². The normalized spacial score (nSPS) is 15.1. The first-order valence-corrected chi connectivity index (χ1v) is 10.1. The number of benzene rings is 1. The Morgan fingerprint density at radius 1 is 1.07 bits per heavy atom. The van der Waals surface area contributed by atoms with E-state index in [-0.39, 0.29) is 5.91 Å². The SMILES string of the molecule is O=C1CN2Cc3cc(OCCCCCCCCn4ccnc4)ccc3N=C2N1. The van der Waals surface area contributed by atoms with Gasteiger partial charge in [-0.2, -0.15) is 0 Å². The maximum Gasteiger partial charge on any atom is 0.246 e. The highest BCUT2D eigenvalue weighted by Gasteiger charge is 2.29. The topological polar surface area (TPSA) is 71.8 Å². The van der Waals surface area contributed by atoms with Crippen LogP contribution in [-0.4, -0.2) is 39.5 Å². The fourth-order valence-corrected chi connectivity index (χ4v) is 3.64. The Labute approximate surface area is 165 Å². The van der Waals surface area contributed by atoms with E-state index in [1.54, 1.807) is 0 Å². The Balaban J connectivity index is 1.11. The number of ether oxygens (including phenoxy) is 1. The van der Waals surface area contributed by atoms with E-state index in [0.29, 0.717) is 19.0 Å². The van der Waals surface area contributed by atoms with Gasteiger partial charge in [-0.1, -0.05) is 25.7 Å². The number of aliphatic imine (C=N–C) groups is 1. The Hall–Kier alpha value is -2.83. The van der Waals surface area contributed by atoms with Gasteiger partial charge in [-0.3, -0.25) is 10.1 Å². The molecule has 0 unspecified atom stereocenters. The van der Waals surface area contributed by atoms with Gasteiger partial charge < -0.3 is 14.2 Å². The molecular formula is C21H27N5O2. The minimum atomic E-state index is 0.00441. The molecule has 7 nitrogen and oxygen atoms in total. The summed E-state index contributed by atoms with van der Waals surface area (Å²) < 4.78 is 8.06. The van der Waals surface area contributed by atoms with Gasteiger partial charge in [0.25, 0.3) is 0 Å². The van der Waals surface area contributed by atoms with Gasteiger partial charge in [0.1, 0.15) is 12.3 Å². The number of hydrogen-bond acceptors (Lipinski definition) is 5. The predicted octanol–water partition coefficient (Wildman–Crippen LogP) is 3.24. The summed E-state index contributed by atoms with van der Waals surface area (Å²) in [6.07, 6.45) is 13.0. The molecule has 1 saturated heterocycles. The fourth-order valence-electron chi connectivity index (χ4n) is 3.64. The van der Waals surface area contributed by atoms with Crippen molar-refractivity contribution in [3.05, 3.63) is 42.5 Å². The number of rotatable bonds is 10. The number of carbonyl (C=O) groups is 1. The molecule has 28 heavy (non-hydrogen) atoms. The van der Waals surface area contributed by atoms with Crippen LogP contribution in [0.15, 0.2) is 41.9 Å². The van der Waals surface area contributed by atoms with Crippen molar-refractivity contribution < 1.29 is 9.53 Å². The number of nitrogens with zero attached hydrogens (tertiary/aromatic N) is 4. The largest absolute Gasteiger partial charge is 0.494 e. The molecule has 0 spiro atoms. The summed E-state index contributed by atoms with van der Waals surface area (Å²) in [5.41, 5.74) is 2.02. The molecule has 1 fully saturated rings. The summed E-state index contributed by atoms with van der Waals surface area (Å²) in [6, 6.07) is 5.99. The number of fused-ring (bicyclic) bond motifs is 2. The predicted molar refractivity (Wildman–Crippen MR) is 108 cm³/mol. The van der Waals surface area contributed by atoms with Gasteiger partial charge in [-0.15, -0.1) is 0 Å². The van der Waals surface area contributed by atoms with Crippen molar-refractivity contribution in [2.75, 3.05) is 13.2 Å². The van der Waals surface area contributed by atoms with E-state index in [0.717, 1.165) is 36.6 Å². The average molecular weight is 381 g/mol. The fraction of sp³-hybridized carbons (Fsp3) is 0.476. The van der Waals surface area contributed by atoms with E-state index in [9.17, 15) is 4.79 Å². The minimum absolute atomic E-state index is 0.00441. The van der Waals surface area contributed by atoms with Gasteiger partial charge in [0.15, 0.2) is 0 Å².